The number of benzene rings is 1. The van der Waals surface area contributed by atoms with Gasteiger partial charge in [0.2, 0.25) is 15.9 Å². The summed E-state index contributed by atoms with van der Waals surface area (Å²) in [7, 11) is -0.558. The average molecular weight is 412 g/mol. The number of amides is 1. The van der Waals surface area contributed by atoms with E-state index < -0.39 is 10.0 Å². The van der Waals surface area contributed by atoms with Gasteiger partial charge < -0.3 is 9.32 Å². The van der Waals surface area contributed by atoms with Gasteiger partial charge in [-0.05, 0) is 36.5 Å². The largest absolute Gasteiger partial charge is 0.431 e. The number of hydrogen-bond donors (Lipinski definition) is 0. The van der Waals surface area contributed by atoms with E-state index in [9.17, 15) is 13.2 Å². The molecule has 148 valence electrons. The predicted molar refractivity (Wildman–Crippen MR) is 105 cm³/mol. The molecule has 2 atom stereocenters. The molecular weight excluding hydrogens is 386 g/mol. The number of carbonyl (C=O) groups is 1. The third-order valence-electron chi connectivity index (χ3n) is 4.66. The Kier molecular flexibility index (Phi) is 5.83. The van der Waals surface area contributed by atoms with Gasteiger partial charge in [0.1, 0.15) is 5.52 Å². The maximum atomic E-state index is 12.5. The molecule has 1 aromatic heterocycles. The Morgan fingerprint density at radius 2 is 1.96 bits per heavy atom. The number of carbonyl (C=O) groups excluding carboxylic acids is 1. The predicted octanol–water partition coefficient (Wildman–Crippen LogP) is 2.67. The minimum Gasteiger partial charge on any atom is -0.431 e. The summed E-state index contributed by atoms with van der Waals surface area (Å²) >= 11 is 1.24. The summed E-state index contributed by atoms with van der Waals surface area (Å²) < 4.78 is 31.3. The van der Waals surface area contributed by atoms with E-state index in [1.54, 1.807) is 6.07 Å². The maximum absolute atomic E-state index is 12.5. The van der Waals surface area contributed by atoms with Crippen molar-refractivity contribution in [2.24, 2.45) is 11.8 Å². The Morgan fingerprint density at radius 3 is 2.59 bits per heavy atom. The first-order valence-electron chi connectivity index (χ1n) is 8.90. The molecule has 27 heavy (non-hydrogen) atoms. The summed E-state index contributed by atoms with van der Waals surface area (Å²) in [5.41, 5.74) is 0.968. The minimum atomic E-state index is -3.53. The maximum Gasteiger partial charge on any atom is 0.257 e. The molecule has 3 rings (SSSR count). The second-order valence-corrected chi connectivity index (χ2v) is 10.5. The number of oxazole rings is 1. The highest BCUT2D eigenvalue weighted by molar-refractivity contribution is 7.99. The Bertz CT molecular complexity index is 929. The molecule has 0 bridgehead atoms. The molecule has 0 N–H and O–H groups in total. The monoisotopic (exact) mass is 411 g/mol. The van der Waals surface area contributed by atoms with E-state index in [2.05, 4.69) is 18.8 Å². The molecule has 9 heteroatoms. The quantitative estimate of drug-likeness (QED) is 0.704. The summed E-state index contributed by atoms with van der Waals surface area (Å²) in [6, 6.07) is 4.59. The number of nitrogens with zero attached hydrogens (tertiary/aromatic N) is 3. The van der Waals surface area contributed by atoms with Crippen molar-refractivity contribution in [3.63, 3.8) is 0 Å². The fourth-order valence-corrected chi connectivity index (χ4v) is 5.06. The lowest BCUT2D eigenvalue weighted by molar-refractivity contribution is -0.130. The summed E-state index contributed by atoms with van der Waals surface area (Å²) in [5.74, 6) is 1.37. The number of sulfonamides is 1. The normalized spacial score (nSPS) is 21.1. The van der Waals surface area contributed by atoms with Crippen LogP contribution in [0.5, 0.6) is 0 Å². The lowest BCUT2D eigenvalue weighted by Crippen LogP contribution is -2.43. The zero-order valence-electron chi connectivity index (χ0n) is 16.0. The van der Waals surface area contributed by atoms with Crippen molar-refractivity contribution in [1.29, 1.82) is 0 Å². The van der Waals surface area contributed by atoms with Crippen LogP contribution in [0.3, 0.4) is 0 Å². The first-order chi connectivity index (χ1) is 12.7. The van der Waals surface area contributed by atoms with Crippen LogP contribution in [0.2, 0.25) is 0 Å². The van der Waals surface area contributed by atoms with E-state index in [0.717, 1.165) is 23.8 Å². The lowest BCUT2D eigenvalue weighted by Gasteiger charge is -2.34. The molecule has 0 aliphatic carbocycles. The fourth-order valence-electron chi connectivity index (χ4n) is 3.40. The van der Waals surface area contributed by atoms with Crippen LogP contribution in [-0.2, 0) is 14.8 Å². The second-order valence-electron chi connectivity index (χ2n) is 7.43. The van der Waals surface area contributed by atoms with E-state index in [0.29, 0.717) is 28.2 Å². The fraction of sp³-hybridized carbons (Fsp3) is 0.556. The molecule has 0 saturated carbocycles. The Balaban J connectivity index is 1.70. The second kappa shape index (κ2) is 7.81. The number of hydrogen-bond acceptors (Lipinski definition) is 6. The highest BCUT2D eigenvalue weighted by Gasteiger charge is 2.26. The van der Waals surface area contributed by atoms with E-state index in [4.69, 9.17) is 4.42 Å². The Labute approximate surface area is 164 Å². The van der Waals surface area contributed by atoms with Gasteiger partial charge in [0.05, 0.1) is 10.6 Å². The third-order valence-corrected chi connectivity index (χ3v) is 7.28. The SMILES string of the molecule is CC1CC(C)CN(C(=O)CSc2nc3cc(S(=O)(=O)N(C)C)ccc3o2)C1. The van der Waals surface area contributed by atoms with E-state index in [1.807, 2.05) is 4.90 Å². The van der Waals surface area contributed by atoms with Crippen molar-refractivity contribution in [1.82, 2.24) is 14.2 Å². The molecule has 2 unspecified atom stereocenters. The van der Waals surface area contributed by atoms with Gasteiger partial charge in [-0.3, -0.25) is 4.79 Å². The number of aromatic nitrogens is 1. The molecule has 2 heterocycles. The number of piperidine rings is 1. The van der Waals surface area contributed by atoms with Gasteiger partial charge in [0.25, 0.3) is 5.22 Å². The van der Waals surface area contributed by atoms with Gasteiger partial charge in [-0.25, -0.2) is 17.7 Å². The van der Waals surface area contributed by atoms with Crippen molar-refractivity contribution in [3.05, 3.63) is 18.2 Å². The van der Waals surface area contributed by atoms with Crippen LogP contribution >= 0.6 is 11.8 Å². The number of fused-ring (bicyclic) bond motifs is 1. The van der Waals surface area contributed by atoms with Gasteiger partial charge in [-0.1, -0.05) is 25.6 Å². The third kappa shape index (κ3) is 4.47. The van der Waals surface area contributed by atoms with Gasteiger partial charge >= 0.3 is 0 Å². The molecule has 1 aliphatic rings. The van der Waals surface area contributed by atoms with Crippen LogP contribution in [0.1, 0.15) is 20.3 Å². The van der Waals surface area contributed by atoms with E-state index in [1.165, 1.54) is 38.0 Å². The zero-order chi connectivity index (χ0) is 19.8. The molecular formula is C18H25N3O4S2. The van der Waals surface area contributed by atoms with Crippen molar-refractivity contribution < 1.29 is 17.6 Å². The smallest absolute Gasteiger partial charge is 0.257 e. The summed E-state index contributed by atoms with van der Waals surface area (Å²) in [6.07, 6.45) is 1.15. The Hall–Kier alpha value is -1.58. The van der Waals surface area contributed by atoms with Gasteiger partial charge in [0, 0.05) is 27.2 Å². The first-order valence-corrected chi connectivity index (χ1v) is 11.3. The van der Waals surface area contributed by atoms with Crippen LogP contribution in [0, 0.1) is 11.8 Å². The Morgan fingerprint density at radius 1 is 1.30 bits per heavy atom. The number of thioether (sulfide) groups is 1. The van der Waals surface area contributed by atoms with Crippen LogP contribution in [-0.4, -0.2) is 61.5 Å². The van der Waals surface area contributed by atoms with Crippen molar-refractivity contribution >= 4 is 38.8 Å². The van der Waals surface area contributed by atoms with Gasteiger partial charge in [-0.15, -0.1) is 0 Å². The molecule has 0 radical (unpaired) electrons. The number of rotatable bonds is 5. The molecule has 7 nitrogen and oxygen atoms in total. The van der Waals surface area contributed by atoms with E-state index >= 15 is 0 Å². The van der Waals surface area contributed by atoms with Gasteiger partial charge in [-0.2, -0.15) is 0 Å². The highest BCUT2D eigenvalue weighted by atomic mass is 32.2. The highest BCUT2D eigenvalue weighted by Crippen LogP contribution is 2.27. The zero-order valence-corrected chi connectivity index (χ0v) is 17.6. The lowest BCUT2D eigenvalue weighted by atomic mass is 9.92. The van der Waals surface area contributed by atoms with Crippen LogP contribution < -0.4 is 0 Å². The molecule has 1 amide bonds. The van der Waals surface area contributed by atoms with Crippen LogP contribution in [0.25, 0.3) is 11.1 Å². The molecule has 1 aromatic carbocycles. The topological polar surface area (TPSA) is 83.7 Å². The average Bonchev–Trinajstić information content (AvgIpc) is 3.00. The van der Waals surface area contributed by atoms with Gasteiger partial charge in [0.15, 0.2) is 5.58 Å². The van der Waals surface area contributed by atoms with Crippen molar-refractivity contribution in [2.45, 2.75) is 30.4 Å². The van der Waals surface area contributed by atoms with Crippen molar-refractivity contribution in [3.8, 4) is 0 Å². The summed E-state index contributed by atoms with van der Waals surface area (Å²) in [5, 5.41) is 0.371. The molecule has 1 fully saturated rings. The standard InChI is InChI=1S/C18H25N3O4S2/c1-12-7-13(2)10-21(9-12)17(22)11-26-18-19-15-8-14(5-6-16(15)25-18)27(23,24)20(3)4/h5-6,8,12-13H,7,9-11H2,1-4H3. The number of likely N-dealkylation sites (tertiary alicyclic amines) is 1. The molecule has 0 spiro atoms. The van der Waals surface area contributed by atoms with Crippen LogP contribution in [0.15, 0.2) is 32.7 Å². The molecule has 1 saturated heterocycles. The summed E-state index contributed by atoms with van der Waals surface area (Å²) in [4.78, 5) is 18.9. The minimum absolute atomic E-state index is 0.0801. The van der Waals surface area contributed by atoms with E-state index in [-0.39, 0.29) is 16.6 Å². The first kappa shape index (κ1) is 20.2. The van der Waals surface area contributed by atoms with Crippen LogP contribution in [0.4, 0.5) is 0 Å². The summed E-state index contributed by atoms with van der Waals surface area (Å²) in [6.45, 7) is 5.93. The molecule has 2 aromatic rings. The van der Waals surface area contributed by atoms with Crippen molar-refractivity contribution in [2.75, 3.05) is 32.9 Å². The molecule has 1 aliphatic heterocycles.